The van der Waals surface area contributed by atoms with E-state index in [1.807, 2.05) is 31.2 Å². The molecule has 0 bridgehead atoms. The minimum absolute atomic E-state index is 0.00331. The summed E-state index contributed by atoms with van der Waals surface area (Å²) in [5.74, 6) is -0.835. The monoisotopic (exact) mass is 460 g/mol. The van der Waals surface area contributed by atoms with E-state index in [9.17, 15) is 22.8 Å². The van der Waals surface area contributed by atoms with E-state index in [2.05, 4.69) is 5.32 Å². The molecule has 32 heavy (non-hydrogen) atoms. The molecule has 2 heterocycles. The molecule has 2 aromatic rings. The number of benzene rings is 1. The number of aryl methyl sites for hydroxylation is 2. The average Bonchev–Trinajstić information content (AvgIpc) is 2.73. The van der Waals surface area contributed by atoms with E-state index in [4.69, 9.17) is 0 Å². The number of nitrogens with zero attached hydrogens (tertiary/aromatic N) is 3. The summed E-state index contributed by atoms with van der Waals surface area (Å²) in [6.45, 7) is 4.83. The average molecular weight is 461 g/mol. The van der Waals surface area contributed by atoms with Crippen molar-refractivity contribution in [3.05, 3.63) is 68.6 Å². The molecule has 0 aliphatic carbocycles. The Hall–Kier alpha value is -2.98. The summed E-state index contributed by atoms with van der Waals surface area (Å²) in [6, 6.07) is 9.17. The molecule has 1 aliphatic rings. The number of nitrogens with one attached hydrogen (secondary N) is 1. The van der Waals surface area contributed by atoms with E-state index in [0.717, 1.165) is 17.4 Å². The Kier molecular flexibility index (Phi) is 6.85. The van der Waals surface area contributed by atoms with E-state index in [0.29, 0.717) is 12.1 Å². The van der Waals surface area contributed by atoms with Crippen LogP contribution in [-0.2, 0) is 23.1 Å². The van der Waals surface area contributed by atoms with Gasteiger partial charge in [0.1, 0.15) is 11.3 Å². The van der Waals surface area contributed by atoms with E-state index in [-0.39, 0.29) is 43.3 Å². The zero-order valence-corrected chi connectivity index (χ0v) is 19.5. The summed E-state index contributed by atoms with van der Waals surface area (Å²) in [4.78, 5) is 40.1. The molecule has 172 valence electrons. The van der Waals surface area contributed by atoms with Gasteiger partial charge in [-0.1, -0.05) is 29.8 Å². The zero-order valence-electron chi connectivity index (χ0n) is 18.7. The van der Waals surface area contributed by atoms with Gasteiger partial charge in [-0.05, 0) is 31.0 Å². The van der Waals surface area contributed by atoms with Crippen LogP contribution in [0.3, 0.4) is 0 Å². The summed E-state index contributed by atoms with van der Waals surface area (Å²) >= 11 is 0. The van der Waals surface area contributed by atoms with Crippen LogP contribution in [0.2, 0.25) is 0 Å². The van der Waals surface area contributed by atoms with Gasteiger partial charge in [0.05, 0.1) is 6.26 Å². The molecule has 9 nitrogen and oxygen atoms in total. The number of pyridine rings is 1. The van der Waals surface area contributed by atoms with Crippen LogP contribution in [0.4, 0.5) is 0 Å². The summed E-state index contributed by atoms with van der Waals surface area (Å²) in [5, 5.41) is 2.77. The molecule has 1 aromatic carbocycles. The van der Waals surface area contributed by atoms with E-state index in [1.54, 1.807) is 6.92 Å². The molecule has 2 amide bonds. The molecular weight excluding hydrogens is 432 g/mol. The van der Waals surface area contributed by atoms with Crippen molar-refractivity contribution < 1.29 is 18.0 Å². The zero-order chi connectivity index (χ0) is 23.6. The van der Waals surface area contributed by atoms with Crippen molar-refractivity contribution in [1.29, 1.82) is 0 Å². The lowest BCUT2D eigenvalue weighted by molar-refractivity contribution is 0.0692. The SMILES string of the molecule is Cc1ccc(CNC(=O)c2cc(C)c3n(c2=O)CCN(CCN(C)S(C)(=O)=O)C3=O)cc1. The number of hydrogen-bond acceptors (Lipinski definition) is 5. The largest absolute Gasteiger partial charge is 0.348 e. The van der Waals surface area contributed by atoms with E-state index < -0.39 is 21.5 Å². The summed E-state index contributed by atoms with van der Waals surface area (Å²) < 4.78 is 25.7. The summed E-state index contributed by atoms with van der Waals surface area (Å²) in [7, 11) is -1.89. The number of amides is 2. The van der Waals surface area contributed by atoms with Gasteiger partial charge in [0, 0.05) is 39.8 Å². The number of carbonyl (C=O) groups is 2. The van der Waals surface area contributed by atoms with Gasteiger partial charge >= 0.3 is 0 Å². The standard InChI is InChI=1S/C22H28N4O5S/c1-15-5-7-17(8-6-15)14-23-20(27)18-13-16(2)19-22(29)25(11-12-26(19)21(18)28)10-9-24(3)32(4,30)31/h5-8,13H,9-12,14H2,1-4H3,(H,23,27). The van der Waals surface area contributed by atoms with Crippen LogP contribution < -0.4 is 10.9 Å². The van der Waals surface area contributed by atoms with Crippen LogP contribution >= 0.6 is 0 Å². The minimum Gasteiger partial charge on any atom is -0.348 e. The van der Waals surface area contributed by atoms with Crippen LogP contribution in [-0.4, -0.2) is 66.9 Å². The third-order valence-corrected chi connectivity index (χ3v) is 6.95. The van der Waals surface area contributed by atoms with E-state index in [1.165, 1.54) is 26.9 Å². The molecule has 0 radical (unpaired) electrons. The molecule has 10 heteroatoms. The third-order valence-electron chi connectivity index (χ3n) is 5.63. The van der Waals surface area contributed by atoms with Gasteiger partial charge < -0.3 is 14.8 Å². The number of rotatable bonds is 7. The molecule has 0 atom stereocenters. The van der Waals surface area contributed by atoms with Gasteiger partial charge in [0.25, 0.3) is 17.4 Å². The van der Waals surface area contributed by atoms with Crippen LogP contribution in [0.5, 0.6) is 0 Å². The minimum atomic E-state index is -3.34. The molecule has 0 fully saturated rings. The maximum atomic E-state index is 13.0. The first kappa shape index (κ1) is 23.7. The van der Waals surface area contributed by atoms with Gasteiger partial charge in [0.15, 0.2) is 0 Å². The highest BCUT2D eigenvalue weighted by molar-refractivity contribution is 7.88. The van der Waals surface area contributed by atoms with Crippen molar-refractivity contribution in [2.24, 2.45) is 0 Å². The van der Waals surface area contributed by atoms with E-state index >= 15 is 0 Å². The van der Waals surface area contributed by atoms with Crippen LogP contribution in [0.15, 0.2) is 35.1 Å². The van der Waals surface area contributed by atoms with Crippen molar-refractivity contribution in [3.8, 4) is 0 Å². The molecule has 3 rings (SSSR count). The first-order valence-electron chi connectivity index (χ1n) is 10.3. The van der Waals surface area contributed by atoms with Crippen LogP contribution in [0.25, 0.3) is 0 Å². The first-order valence-corrected chi connectivity index (χ1v) is 12.1. The van der Waals surface area contributed by atoms with Crippen molar-refractivity contribution in [2.75, 3.05) is 32.9 Å². The lowest BCUT2D eigenvalue weighted by atomic mass is 10.1. The molecular formula is C22H28N4O5S. The second kappa shape index (κ2) is 9.25. The molecule has 0 saturated carbocycles. The summed E-state index contributed by atoms with van der Waals surface area (Å²) in [6.07, 6.45) is 1.11. The maximum Gasteiger partial charge on any atom is 0.270 e. The number of hydrogen-bond donors (Lipinski definition) is 1. The number of carbonyl (C=O) groups excluding carboxylic acids is 2. The lowest BCUT2D eigenvalue weighted by Gasteiger charge is -2.31. The van der Waals surface area contributed by atoms with Gasteiger partial charge in [-0.25, -0.2) is 12.7 Å². The van der Waals surface area contributed by atoms with Crippen molar-refractivity contribution in [1.82, 2.24) is 19.1 Å². The first-order chi connectivity index (χ1) is 15.0. The Morgan fingerprint density at radius 1 is 1.12 bits per heavy atom. The van der Waals surface area contributed by atoms with Gasteiger partial charge in [-0.2, -0.15) is 0 Å². The highest BCUT2D eigenvalue weighted by Gasteiger charge is 2.29. The quantitative estimate of drug-likeness (QED) is 0.656. The fraction of sp³-hybridized carbons (Fsp3) is 0.409. The van der Waals surface area contributed by atoms with Gasteiger partial charge in [-0.3, -0.25) is 14.4 Å². The molecule has 1 N–H and O–H groups in total. The van der Waals surface area contributed by atoms with Gasteiger partial charge in [0.2, 0.25) is 10.0 Å². The fourth-order valence-corrected chi connectivity index (χ4v) is 3.98. The molecule has 0 unspecified atom stereocenters. The number of likely N-dealkylation sites (N-methyl/N-ethyl adjacent to an activating group) is 1. The molecule has 0 saturated heterocycles. The Labute approximate surface area is 187 Å². The van der Waals surface area contributed by atoms with Crippen LogP contribution in [0, 0.1) is 13.8 Å². The molecule has 1 aromatic heterocycles. The summed E-state index contributed by atoms with van der Waals surface area (Å²) in [5.41, 5.74) is 2.29. The maximum absolute atomic E-state index is 13.0. The Morgan fingerprint density at radius 3 is 2.41 bits per heavy atom. The lowest BCUT2D eigenvalue weighted by Crippen LogP contribution is -2.48. The third kappa shape index (κ3) is 5.08. The van der Waals surface area contributed by atoms with Crippen LogP contribution in [0.1, 0.15) is 37.5 Å². The fourth-order valence-electron chi connectivity index (χ4n) is 3.56. The number of fused-ring (bicyclic) bond motifs is 1. The number of sulfonamides is 1. The predicted molar refractivity (Wildman–Crippen MR) is 121 cm³/mol. The second-order valence-electron chi connectivity index (χ2n) is 8.09. The highest BCUT2D eigenvalue weighted by atomic mass is 32.2. The topological polar surface area (TPSA) is 109 Å². The molecule has 1 aliphatic heterocycles. The predicted octanol–water partition coefficient (Wildman–Crippen LogP) is 0.742. The van der Waals surface area contributed by atoms with Crippen molar-refractivity contribution in [3.63, 3.8) is 0 Å². The van der Waals surface area contributed by atoms with Gasteiger partial charge in [-0.15, -0.1) is 0 Å². The Morgan fingerprint density at radius 2 is 1.78 bits per heavy atom. The molecule has 0 spiro atoms. The number of aromatic nitrogens is 1. The Bertz CT molecular complexity index is 1200. The second-order valence-corrected chi connectivity index (χ2v) is 10.2. The van der Waals surface area contributed by atoms with Crippen molar-refractivity contribution >= 4 is 21.8 Å². The Balaban J connectivity index is 1.77. The highest BCUT2D eigenvalue weighted by Crippen LogP contribution is 2.16. The normalized spacial score (nSPS) is 13.9. The van der Waals surface area contributed by atoms with Crippen molar-refractivity contribution in [2.45, 2.75) is 26.9 Å². The smallest absolute Gasteiger partial charge is 0.270 e.